The summed E-state index contributed by atoms with van der Waals surface area (Å²) in [5.74, 6) is -0.00407. The molecular weight excluding hydrogens is 316 g/mol. The minimum Gasteiger partial charge on any atom is -0.393 e. The zero-order chi connectivity index (χ0) is 16.9. The van der Waals surface area contributed by atoms with Crippen LogP contribution in [0.4, 0.5) is 0 Å². The fourth-order valence-corrected chi connectivity index (χ4v) is 5.72. The van der Waals surface area contributed by atoms with Gasteiger partial charge in [-0.2, -0.15) is 0 Å². The topological polar surface area (TPSA) is 71.1 Å². The molecule has 1 saturated carbocycles. The zero-order valence-electron chi connectivity index (χ0n) is 14.3. The number of esters is 2. The van der Waals surface area contributed by atoms with E-state index in [2.05, 4.69) is 0 Å². The van der Waals surface area contributed by atoms with Crippen LogP contribution in [0, 0.1) is 17.8 Å². The van der Waals surface area contributed by atoms with Gasteiger partial charge in [0.1, 0.15) is 0 Å². The summed E-state index contributed by atoms with van der Waals surface area (Å²) in [6.07, 6.45) is 6.68. The first-order valence-electron chi connectivity index (χ1n) is 8.43. The molecule has 1 saturated heterocycles. The van der Waals surface area contributed by atoms with E-state index < -0.39 is 8.80 Å². The molecule has 1 aliphatic carbocycles. The van der Waals surface area contributed by atoms with E-state index in [4.69, 9.17) is 18.0 Å². The maximum atomic E-state index is 11.8. The largest absolute Gasteiger partial charge is 0.500 e. The number of rotatable bonds is 8. The Kier molecular flexibility index (Phi) is 6.76. The van der Waals surface area contributed by atoms with Gasteiger partial charge in [0.05, 0.1) is 12.3 Å². The van der Waals surface area contributed by atoms with Gasteiger partial charge < -0.3 is 18.0 Å². The zero-order valence-corrected chi connectivity index (χ0v) is 15.3. The lowest BCUT2D eigenvalue weighted by molar-refractivity contribution is -0.153. The molecule has 2 fully saturated rings. The van der Waals surface area contributed by atoms with Crippen molar-refractivity contribution in [3.05, 3.63) is 0 Å². The summed E-state index contributed by atoms with van der Waals surface area (Å²) in [4.78, 5) is 23.1. The standard InChI is InChI=1S/C16H28O6Si/c1-19-23(20-2,21-3)9-5-7-12-6-4-8-13(10-12)14-11-15(17)22-16(14)18/h12-14H,4-11H2,1-3H3. The molecular formula is C16H28O6Si. The van der Waals surface area contributed by atoms with Crippen LogP contribution in [0.25, 0.3) is 0 Å². The second-order valence-corrected chi connectivity index (χ2v) is 9.67. The number of hydrogen-bond donors (Lipinski definition) is 0. The summed E-state index contributed by atoms with van der Waals surface area (Å²) in [7, 11) is 2.43. The Labute approximate surface area is 139 Å². The van der Waals surface area contributed by atoms with Crippen molar-refractivity contribution in [1.82, 2.24) is 0 Å². The van der Waals surface area contributed by atoms with Crippen LogP contribution in [0.3, 0.4) is 0 Å². The summed E-state index contributed by atoms with van der Waals surface area (Å²) in [6.45, 7) is 0. The van der Waals surface area contributed by atoms with Gasteiger partial charge in [-0.3, -0.25) is 9.59 Å². The van der Waals surface area contributed by atoms with E-state index in [1.807, 2.05) is 0 Å². The van der Waals surface area contributed by atoms with Gasteiger partial charge in [0.15, 0.2) is 0 Å². The fourth-order valence-electron chi connectivity index (χ4n) is 3.98. The van der Waals surface area contributed by atoms with Crippen LogP contribution < -0.4 is 0 Å². The monoisotopic (exact) mass is 344 g/mol. The molecule has 0 N–H and O–H groups in total. The van der Waals surface area contributed by atoms with Crippen LogP contribution in [0.5, 0.6) is 0 Å². The lowest BCUT2D eigenvalue weighted by Gasteiger charge is -2.31. The van der Waals surface area contributed by atoms with Crippen LogP contribution in [0.1, 0.15) is 44.9 Å². The molecule has 3 atom stereocenters. The van der Waals surface area contributed by atoms with Gasteiger partial charge in [0.25, 0.3) is 0 Å². The summed E-state index contributed by atoms with van der Waals surface area (Å²) in [6, 6.07) is 0.807. The van der Waals surface area contributed by atoms with E-state index >= 15 is 0 Å². The molecule has 0 spiro atoms. The lowest BCUT2D eigenvalue weighted by Crippen LogP contribution is -2.42. The second-order valence-electron chi connectivity index (χ2n) is 6.58. The van der Waals surface area contributed by atoms with E-state index in [0.29, 0.717) is 11.8 Å². The SMILES string of the molecule is CO[Si](CCCC1CCCC(C2CC(=O)OC2=O)C1)(OC)OC. The average Bonchev–Trinajstić information content (AvgIpc) is 2.91. The Balaban J connectivity index is 1.80. The number of ether oxygens (including phenoxy) is 1. The summed E-state index contributed by atoms with van der Waals surface area (Å²) in [5.41, 5.74) is 0. The van der Waals surface area contributed by atoms with Gasteiger partial charge in [0, 0.05) is 27.4 Å². The summed E-state index contributed by atoms with van der Waals surface area (Å²) in [5, 5.41) is 0. The molecule has 132 valence electrons. The van der Waals surface area contributed by atoms with Crippen molar-refractivity contribution >= 4 is 20.7 Å². The van der Waals surface area contributed by atoms with Crippen molar-refractivity contribution in [2.75, 3.05) is 21.3 Å². The fraction of sp³-hybridized carbons (Fsp3) is 0.875. The highest BCUT2D eigenvalue weighted by Gasteiger charge is 2.41. The first-order valence-corrected chi connectivity index (χ1v) is 10.4. The van der Waals surface area contributed by atoms with E-state index in [-0.39, 0.29) is 24.3 Å². The Bertz CT molecular complexity index is 415. The molecule has 0 bridgehead atoms. The van der Waals surface area contributed by atoms with Crippen LogP contribution in [-0.4, -0.2) is 42.1 Å². The molecule has 23 heavy (non-hydrogen) atoms. The molecule has 2 rings (SSSR count). The van der Waals surface area contributed by atoms with E-state index in [1.54, 1.807) is 21.3 Å². The minimum absolute atomic E-state index is 0.212. The maximum Gasteiger partial charge on any atom is 0.500 e. The number of hydrogen-bond acceptors (Lipinski definition) is 6. The van der Waals surface area contributed by atoms with Gasteiger partial charge in [-0.05, 0) is 31.1 Å². The van der Waals surface area contributed by atoms with Gasteiger partial charge in [-0.25, -0.2) is 0 Å². The molecule has 7 heteroatoms. The smallest absolute Gasteiger partial charge is 0.393 e. The average molecular weight is 344 g/mol. The Morgan fingerprint density at radius 3 is 2.39 bits per heavy atom. The molecule has 6 nitrogen and oxygen atoms in total. The van der Waals surface area contributed by atoms with E-state index in [9.17, 15) is 9.59 Å². The molecule has 3 unspecified atom stereocenters. The van der Waals surface area contributed by atoms with Gasteiger partial charge >= 0.3 is 20.7 Å². The molecule has 0 amide bonds. The third-order valence-electron chi connectivity index (χ3n) is 5.32. The summed E-state index contributed by atoms with van der Waals surface area (Å²) >= 11 is 0. The molecule has 1 aliphatic heterocycles. The first kappa shape index (κ1) is 18.6. The highest BCUT2D eigenvalue weighted by molar-refractivity contribution is 6.60. The van der Waals surface area contributed by atoms with Crippen molar-refractivity contribution in [2.24, 2.45) is 17.8 Å². The highest BCUT2D eigenvalue weighted by Crippen LogP contribution is 2.40. The van der Waals surface area contributed by atoms with Gasteiger partial charge in [-0.1, -0.05) is 19.3 Å². The van der Waals surface area contributed by atoms with Crippen LogP contribution in [0.2, 0.25) is 6.04 Å². The predicted molar refractivity (Wildman–Crippen MR) is 85.5 cm³/mol. The van der Waals surface area contributed by atoms with Crippen molar-refractivity contribution in [3.63, 3.8) is 0 Å². The number of carbonyl (C=O) groups is 2. The summed E-state index contributed by atoms with van der Waals surface area (Å²) < 4.78 is 21.1. The molecule has 1 heterocycles. The van der Waals surface area contributed by atoms with Crippen LogP contribution in [0.15, 0.2) is 0 Å². The normalized spacial score (nSPS) is 28.9. The van der Waals surface area contributed by atoms with E-state index in [0.717, 1.165) is 38.1 Å². The predicted octanol–water partition coefficient (Wildman–Crippen LogP) is 2.54. The third kappa shape index (κ3) is 4.62. The minimum atomic E-state index is -2.48. The van der Waals surface area contributed by atoms with Crippen molar-refractivity contribution in [1.29, 1.82) is 0 Å². The lowest BCUT2D eigenvalue weighted by atomic mass is 9.73. The Hall–Kier alpha value is -0.763. The Morgan fingerprint density at radius 1 is 1.13 bits per heavy atom. The van der Waals surface area contributed by atoms with Crippen LogP contribution in [-0.2, 0) is 27.6 Å². The van der Waals surface area contributed by atoms with Crippen molar-refractivity contribution in [3.8, 4) is 0 Å². The van der Waals surface area contributed by atoms with Crippen molar-refractivity contribution in [2.45, 2.75) is 51.0 Å². The maximum absolute atomic E-state index is 11.8. The molecule has 0 radical (unpaired) electrons. The second kappa shape index (κ2) is 8.37. The third-order valence-corrected chi connectivity index (χ3v) is 8.16. The molecule has 2 aliphatic rings. The molecule has 0 aromatic carbocycles. The van der Waals surface area contributed by atoms with Gasteiger partial charge in [0.2, 0.25) is 0 Å². The van der Waals surface area contributed by atoms with Crippen molar-refractivity contribution < 1.29 is 27.6 Å². The van der Waals surface area contributed by atoms with E-state index in [1.165, 1.54) is 6.42 Å². The number of cyclic esters (lactones) is 2. The molecule has 0 aromatic rings. The number of carbonyl (C=O) groups excluding carboxylic acids is 2. The molecule has 0 aromatic heterocycles. The highest BCUT2D eigenvalue weighted by atomic mass is 28.4. The van der Waals surface area contributed by atoms with Gasteiger partial charge in [-0.15, -0.1) is 0 Å². The van der Waals surface area contributed by atoms with Crippen LogP contribution >= 0.6 is 0 Å². The Morgan fingerprint density at radius 2 is 1.83 bits per heavy atom. The quantitative estimate of drug-likeness (QED) is 0.383. The first-order chi connectivity index (χ1) is 11.0.